The van der Waals surface area contributed by atoms with Gasteiger partial charge in [-0.1, -0.05) is 0 Å². The largest absolute Gasteiger partial charge is 0.387 e. The molecule has 3 aromatic heterocycles. The molecule has 27 heavy (non-hydrogen) atoms. The molecule has 138 valence electrons. The molecule has 8 heteroatoms. The highest BCUT2D eigenvalue weighted by molar-refractivity contribution is 5.94. The van der Waals surface area contributed by atoms with E-state index in [0.717, 1.165) is 5.52 Å². The summed E-state index contributed by atoms with van der Waals surface area (Å²) in [7, 11) is 0. The van der Waals surface area contributed by atoms with Crippen LogP contribution in [0.5, 0.6) is 0 Å². The molecule has 0 bridgehead atoms. The fourth-order valence-electron chi connectivity index (χ4n) is 2.47. The van der Waals surface area contributed by atoms with Gasteiger partial charge in [0.25, 0.3) is 5.91 Å². The summed E-state index contributed by atoms with van der Waals surface area (Å²) >= 11 is 0. The second kappa shape index (κ2) is 7.13. The molecule has 3 rings (SSSR count). The van der Waals surface area contributed by atoms with Gasteiger partial charge >= 0.3 is 0 Å². The Morgan fingerprint density at radius 3 is 2.78 bits per heavy atom. The molecule has 0 saturated heterocycles. The number of alkyl halides is 1. The first-order chi connectivity index (χ1) is 12.8. The van der Waals surface area contributed by atoms with Crippen molar-refractivity contribution in [2.45, 2.75) is 25.6 Å². The Kier molecular flexibility index (Phi) is 4.88. The van der Waals surface area contributed by atoms with Crippen LogP contribution in [-0.4, -0.2) is 43.9 Å². The minimum atomic E-state index is -1.58. The summed E-state index contributed by atoms with van der Waals surface area (Å²) in [6.45, 7) is 2.39. The van der Waals surface area contributed by atoms with Crippen molar-refractivity contribution in [3.63, 3.8) is 0 Å². The predicted molar refractivity (Wildman–Crippen MR) is 96.7 cm³/mol. The summed E-state index contributed by atoms with van der Waals surface area (Å²) < 4.78 is 15.4. The highest BCUT2D eigenvalue weighted by atomic mass is 19.1. The van der Waals surface area contributed by atoms with E-state index in [2.05, 4.69) is 15.4 Å². The second-order valence-corrected chi connectivity index (χ2v) is 6.67. The third-order valence-corrected chi connectivity index (χ3v) is 4.13. The molecule has 1 atom stereocenters. The van der Waals surface area contributed by atoms with Gasteiger partial charge in [-0.2, -0.15) is 10.4 Å². The Morgan fingerprint density at radius 2 is 2.15 bits per heavy atom. The van der Waals surface area contributed by atoms with E-state index in [4.69, 9.17) is 5.26 Å². The standard InChI is InChI=1S/C19H18FN5O2/c1-19(2,27)17(20)11-23-18(26)13-3-5-15(22-10-13)16-6-4-14-7-12(8-21)9-24-25(14)16/h3-7,9-10,17,27H,11H2,1-2H3,(H,23,26)/t17-/m1/s1. The average molecular weight is 367 g/mol. The van der Waals surface area contributed by atoms with Crippen LogP contribution < -0.4 is 5.32 Å². The molecule has 0 aliphatic heterocycles. The molecule has 0 spiro atoms. The summed E-state index contributed by atoms with van der Waals surface area (Å²) in [5.74, 6) is -0.474. The summed E-state index contributed by atoms with van der Waals surface area (Å²) in [4.78, 5) is 16.4. The van der Waals surface area contributed by atoms with E-state index in [0.29, 0.717) is 17.0 Å². The SMILES string of the molecule is CC(C)(O)[C@H](F)CNC(=O)c1ccc(-c2ccc3cc(C#N)cnn23)nc1. The van der Waals surface area contributed by atoms with Gasteiger partial charge in [0.2, 0.25) is 0 Å². The van der Waals surface area contributed by atoms with Crippen molar-refractivity contribution in [1.29, 1.82) is 5.26 Å². The third kappa shape index (κ3) is 3.93. The Bertz CT molecular complexity index is 1020. The van der Waals surface area contributed by atoms with Crippen LogP contribution in [0.2, 0.25) is 0 Å². The zero-order chi connectivity index (χ0) is 19.6. The number of aromatic nitrogens is 3. The maximum absolute atomic E-state index is 13.7. The van der Waals surface area contributed by atoms with Crippen LogP contribution >= 0.6 is 0 Å². The lowest BCUT2D eigenvalue weighted by Gasteiger charge is -2.22. The molecule has 0 fully saturated rings. The molecule has 0 aliphatic carbocycles. The number of halogens is 1. The summed E-state index contributed by atoms with van der Waals surface area (Å²) in [5.41, 5.74) is 1.29. The first-order valence-electron chi connectivity index (χ1n) is 8.28. The number of carbonyl (C=O) groups excluding carboxylic acids is 1. The van der Waals surface area contributed by atoms with E-state index in [1.807, 2.05) is 18.2 Å². The van der Waals surface area contributed by atoms with E-state index in [-0.39, 0.29) is 12.1 Å². The highest BCUT2D eigenvalue weighted by Crippen LogP contribution is 2.20. The average Bonchev–Trinajstić information content (AvgIpc) is 3.08. The topological polar surface area (TPSA) is 103 Å². The second-order valence-electron chi connectivity index (χ2n) is 6.67. The van der Waals surface area contributed by atoms with Crippen LogP contribution in [-0.2, 0) is 0 Å². The molecular weight excluding hydrogens is 349 g/mol. The van der Waals surface area contributed by atoms with E-state index in [1.54, 1.807) is 22.7 Å². The lowest BCUT2D eigenvalue weighted by Crippen LogP contribution is -2.42. The molecule has 0 aromatic carbocycles. The first kappa shape index (κ1) is 18.5. The number of nitrogens with zero attached hydrogens (tertiary/aromatic N) is 4. The Morgan fingerprint density at radius 1 is 1.37 bits per heavy atom. The fourth-order valence-corrected chi connectivity index (χ4v) is 2.47. The van der Waals surface area contributed by atoms with E-state index >= 15 is 0 Å². The number of nitrogens with one attached hydrogen (secondary N) is 1. The van der Waals surface area contributed by atoms with Gasteiger partial charge in [-0.3, -0.25) is 9.78 Å². The Labute approximate surface area is 155 Å². The summed E-state index contributed by atoms with van der Waals surface area (Å²) in [6, 6.07) is 10.6. The van der Waals surface area contributed by atoms with Gasteiger partial charge in [0.15, 0.2) is 0 Å². The minimum absolute atomic E-state index is 0.280. The molecule has 0 saturated carbocycles. The number of hydrogen-bond donors (Lipinski definition) is 2. The number of rotatable bonds is 5. The van der Waals surface area contributed by atoms with Crippen LogP contribution in [0.1, 0.15) is 29.8 Å². The van der Waals surface area contributed by atoms with Crippen LogP contribution in [0, 0.1) is 11.3 Å². The molecule has 0 aliphatic rings. The van der Waals surface area contributed by atoms with Gasteiger partial charge < -0.3 is 10.4 Å². The first-order valence-corrected chi connectivity index (χ1v) is 8.28. The molecular formula is C19H18FN5O2. The smallest absolute Gasteiger partial charge is 0.252 e. The predicted octanol–water partition coefficient (Wildman–Crippen LogP) is 2.11. The van der Waals surface area contributed by atoms with Gasteiger partial charge in [-0.25, -0.2) is 8.91 Å². The van der Waals surface area contributed by atoms with Crippen molar-refractivity contribution in [1.82, 2.24) is 19.9 Å². The van der Waals surface area contributed by atoms with E-state index in [9.17, 15) is 14.3 Å². The van der Waals surface area contributed by atoms with Crippen molar-refractivity contribution >= 4 is 11.4 Å². The van der Waals surface area contributed by atoms with Gasteiger partial charge in [0.05, 0.1) is 46.4 Å². The van der Waals surface area contributed by atoms with Crippen LogP contribution in [0.3, 0.4) is 0 Å². The number of fused-ring (bicyclic) bond motifs is 1. The Balaban J connectivity index is 1.76. The molecule has 7 nitrogen and oxygen atoms in total. The minimum Gasteiger partial charge on any atom is -0.387 e. The van der Waals surface area contributed by atoms with Crippen molar-refractivity contribution in [3.8, 4) is 17.5 Å². The van der Waals surface area contributed by atoms with Gasteiger partial charge in [-0.15, -0.1) is 0 Å². The maximum Gasteiger partial charge on any atom is 0.252 e. The fraction of sp³-hybridized carbons (Fsp3) is 0.263. The lowest BCUT2D eigenvalue weighted by molar-refractivity contribution is -0.00178. The normalized spacial score (nSPS) is 12.6. The van der Waals surface area contributed by atoms with E-state index in [1.165, 1.54) is 26.2 Å². The van der Waals surface area contributed by atoms with Gasteiger partial charge in [0.1, 0.15) is 12.2 Å². The number of hydrogen-bond acceptors (Lipinski definition) is 5. The summed E-state index contributed by atoms with van der Waals surface area (Å²) in [6.07, 6.45) is 1.28. The molecule has 0 unspecified atom stereocenters. The molecule has 0 radical (unpaired) electrons. The number of aliphatic hydroxyl groups is 1. The third-order valence-electron chi connectivity index (χ3n) is 4.13. The number of carbonyl (C=O) groups is 1. The number of amides is 1. The van der Waals surface area contributed by atoms with E-state index < -0.39 is 17.7 Å². The van der Waals surface area contributed by atoms with Crippen LogP contribution in [0.25, 0.3) is 16.9 Å². The van der Waals surface area contributed by atoms with Crippen molar-refractivity contribution < 1.29 is 14.3 Å². The maximum atomic E-state index is 13.7. The molecule has 2 N–H and O–H groups in total. The van der Waals surface area contributed by atoms with Crippen LogP contribution in [0.15, 0.2) is 42.7 Å². The monoisotopic (exact) mass is 367 g/mol. The lowest BCUT2D eigenvalue weighted by atomic mass is 10.0. The number of pyridine rings is 1. The van der Waals surface area contributed by atoms with Gasteiger partial charge in [-0.05, 0) is 44.2 Å². The van der Waals surface area contributed by atoms with Crippen molar-refractivity contribution in [2.75, 3.05) is 6.54 Å². The van der Waals surface area contributed by atoms with Crippen molar-refractivity contribution in [3.05, 3.63) is 53.9 Å². The zero-order valence-electron chi connectivity index (χ0n) is 14.8. The quantitative estimate of drug-likeness (QED) is 0.719. The van der Waals surface area contributed by atoms with Gasteiger partial charge in [0, 0.05) is 6.20 Å². The molecule has 1 amide bonds. The van der Waals surface area contributed by atoms with Crippen molar-refractivity contribution in [2.24, 2.45) is 0 Å². The Hall–Kier alpha value is -3.31. The zero-order valence-corrected chi connectivity index (χ0v) is 14.8. The van der Waals surface area contributed by atoms with Crippen LogP contribution in [0.4, 0.5) is 4.39 Å². The summed E-state index contributed by atoms with van der Waals surface area (Å²) in [5, 5.41) is 25.2. The molecule has 3 aromatic rings. The molecule has 3 heterocycles. The number of nitriles is 1. The highest BCUT2D eigenvalue weighted by Gasteiger charge is 2.26.